The molecule has 0 heterocycles. The number of carbonyl (C=O) groups excluding carboxylic acids is 2. The molecule has 0 spiro atoms. The smallest absolute Gasteiger partial charge is 0.317 e. The molecule has 0 aliphatic heterocycles. The highest BCUT2D eigenvalue weighted by atomic mass is 16.4. The summed E-state index contributed by atoms with van der Waals surface area (Å²) in [6.45, 7) is 6.47. The van der Waals surface area contributed by atoms with Crippen LogP contribution < -0.4 is 10.6 Å². The van der Waals surface area contributed by atoms with Gasteiger partial charge in [0.2, 0.25) is 5.91 Å². The van der Waals surface area contributed by atoms with Crippen molar-refractivity contribution in [3.8, 4) is 0 Å². The highest BCUT2D eigenvalue weighted by Crippen LogP contribution is 2.25. The van der Waals surface area contributed by atoms with Crippen molar-refractivity contribution in [3.05, 3.63) is 34.9 Å². The first-order valence-corrected chi connectivity index (χ1v) is 8.90. The molecule has 2 rings (SSSR count). The minimum Gasteiger partial charge on any atom is -0.480 e. The first kappa shape index (κ1) is 19.9. The highest BCUT2D eigenvalue weighted by Gasteiger charge is 2.34. The summed E-state index contributed by atoms with van der Waals surface area (Å²) in [5.74, 6) is -1.34. The summed E-state index contributed by atoms with van der Waals surface area (Å²) >= 11 is 0. The van der Waals surface area contributed by atoms with Crippen molar-refractivity contribution in [2.24, 2.45) is 0 Å². The number of nitrogens with one attached hydrogen (secondary N) is 2. The summed E-state index contributed by atoms with van der Waals surface area (Å²) in [7, 11) is 0. The highest BCUT2D eigenvalue weighted by molar-refractivity contribution is 5.96. The third-order valence-corrected chi connectivity index (χ3v) is 4.92. The van der Waals surface area contributed by atoms with Gasteiger partial charge in [0.05, 0.1) is 13.1 Å². The summed E-state index contributed by atoms with van der Waals surface area (Å²) in [5.41, 5.74) is 2.68. The summed E-state index contributed by atoms with van der Waals surface area (Å²) in [4.78, 5) is 36.8. The van der Waals surface area contributed by atoms with Gasteiger partial charge in [-0.2, -0.15) is 0 Å². The van der Waals surface area contributed by atoms with Crippen molar-refractivity contribution in [1.29, 1.82) is 0 Å². The minimum absolute atomic E-state index is 0.0217. The fraction of sp³-hybridized carbons (Fsp3) is 0.526. The Hall–Kier alpha value is -2.41. The molecule has 3 N–H and O–H groups in total. The standard InChI is InChI=1S/C19H27N3O4/c1-4-22(11-18(24)25)16-8-15(9-16)21-17(23)10-20-19(26)14-6-5-12(2)13(3)7-14/h5-7,15-16H,4,8-11H2,1-3H3,(H,20,26)(H,21,23)(H,24,25). The average Bonchev–Trinajstić information content (AvgIpc) is 2.56. The molecule has 1 aliphatic carbocycles. The van der Waals surface area contributed by atoms with Gasteiger partial charge in [-0.3, -0.25) is 19.3 Å². The Bertz CT molecular complexity index is 683. The van der Waals surface area contributed by atoms with Gasteiger partial charge in [0.25, 0.3) is 5.91 Å². The molecular formula is C19H27N3O4. The van der Waals surface area contributed by atoms with E-state index in [0.29, 0.717) is 12.1 Å². The van der Waals surface area contributed by atoms with Gasteiger partial charge in [0, 0.05) is 17.6 Å². The second kappa shape index (κ2) is 8.80. The number of carbonyl (C=O) groups is 3. The summed E-state index contributed by atoms with van der Waals surface area (Å²) < 4.78 is 0. The monoisotopic (exact) mass is 361 g/mol. The van der Waals surface area contributed by atoms with Crippen LogP contribution in [-0.4, -0.2) is 59.5 Å². The zero-order valence-electron chi connectivity index (χ0n) is 15.5. The Kier molecular flexibility index (Phi) is 6.74. The number of aryl methyl sites for hydroxylation is 2. The van der Waals surface area contributed by atoms with E-state index in [4.69, 9.17) is 5.11 Å². The fourth-order valence-electron chi connectivity index (χ4n) is 3.10. The number of carboxylic acid groups (broad SMARTS) is 1. The number of benzene rings is 1. The van der Waals surface area contributed by atoms with Crippen molar-refractivity contribution in [3.63, 3.8) is 0 Å². The lowest BCUT2D eigenvalue weighted by atomic mass is 9.85. The summed E-state index contributed by atoms with van der Waals surface area (Å²) in [6, 6.07) is 5.66. The third-order valence-electron chi connectivity index (χ3n) is 4.92. The maximum Gasteiger partial charge on any atom is 0.317 e. The van der Waals surface area contributed by atoms with Crippen LogP contribution in [0.4, 0.5) is 0 Å². The second-order valence-electron chi connectivity index (χ2n) is 6.83. The maximum atomic E-state index is 12.1. The molecule has 1 aliphatic rings. The Morgan fingerprint density at radius 2 is 1.88 bits per heavy atom. The molecule has 7 nitrogen and oxygen atoms in total. The zero-order chi connectivity index (χ0) is 19.3. The van der Waals surface area contributed by atoms with Gasteiger partial charge in [-0.25, -0.2) is 0 Å². The van der Waals surface area contributed by atoms with Gasteiger partial charge in [-0.05, 0) is 56.5 Å². The molecule has 0 saturated heterocycles. The SMILES string of the molecule is CCN(CC(=O)O)C1CC(NC(=O)CNC(=O)c2ccc(C)c(C)c2)C1. The number of hydrogen-bond donors (Lipinski definition) is 3. The predicted octanol–water partition coefficient (Wildman–Crippen LogP) is 1.09. The number of amides is 2. The largest absolute Gasteiger partial charge is 0.480 e. The maximum absolute atomic E-state index is 12.1. The van der Waals surface area contributed by atoms with Crippen LogP contribution in [0.15, 0.2) is 18.2 Å². The lowest BCUT2D eigenvalue weighted by Crippen LogP contribution is -2.55. The van der Waals surface area contributed by atoms with E-state index in [0.717, 1.165) is 24.0 Å². The van der Waals surface area contributed by atoms with Crippen LogP contribution in [0.5, 0.6) is 0 Å². The Labute approximate surface area is 153 Å². The van der Waals surface area contributed by atoms with Crippen molar-refractivity contribution < 1.29 is 19.5 Å². The molecule has 0 radical (unpaired) electrons. The second-order valence-corrected chi connectivity index (χ2v) is 6.83. The van der Waals surface area contributed by atoms with E-state index < -0.39 is 5.97 Å². The lowest BCUT2D eigenvalue weighted by Gasteiger charge is -2.42. The first-order valence-electron chi connectivity index (χ1n) is 8.90. The van der Waals surface area contributed by atoms with E-state index in [1.165, 1.54) is 0 Å². The molecule has 0 aromatic heterocycles. The minimum atomic E-state index is -0.839. The topological polar surface area (TPSA) is 98.7 Å². The van der Waals surface area contributed by atoms with E-state index in [1.54, 1.807) is 12.1 Å². The molecule has 142 valence electrons. The summed E-state index contributed by atoms with van der Waals surface area (Å²) in [6.07, 6.45) is 1.47. The molecule has 1 aromatic carbocycles. The van der Waals surface area contributed by atoms with E-state index in [-0.39, 0.29) is 37.0 Å². The number of hydrogen-bond acceptors (Lipinski definition) is 4. The van der Waals surface area contributed by atoms with Crippen molar-refractivity contribution in [2.45, 2.75) is 45.7 Å². The number of nitrogens with zero attached hydrogens (tertiary/aromatic N) is 1. The van der Waals surface area contributed by atoms with Gasteiger partial charge in [0.15, 0.2) is 0 Å². The molecule has 1 saturated carbocycles. The number of aliphatic carboxylic acids is 1. The molecule has 7 heteroatoms. The first-order chi connectivity index (χ1) is 12.3. The zero-order valence-corrected chi connectivity index (χ0v) is 15.5. The molecule has 26 heavy (non-hydrogen) atoms. The van der Waals surface area contributed by atoms with Crippen LogP contribution in [0.2, 0.25) is 0 Å². The van der Waals surface area contributed by atoms with Crippen LogP contribution in [0, 0.1) is 13.8 Å². The van der Waals surface area contributed by atoms with Gasteiger partial charge in [-0.1, -0.05) is 13.0 Å². The van der Waals surface area contributed by atoms with E-state index in [9.17, 15) is 14.4 Å². The summed E-state index contributed by atoms with van der Waals surface area (Å²) in [5, 5.41) is 14.4. The molecule has 1 aromatic rings. The molecular weight excluding hydrogens is 334 g/mol. The molecule has 2 amide bonds. The van der Waals surface area contributed by atoms with Gasteiger partial charge < -0.3 is 15.7 Å². The Morgan fingerprint density at radius 3 is 2.46 bits per heavy atom. The van der Waals surface area contributed by atoms with Crippen LogP contribution in [0.25, 0.3) is 0 Å². The lowest BCUT2D eigenvalue weighted by molar-refractivity contribution is -0.139. The van der Waals surface area contributed by atoms with Crippen LogP contribution >= 0.6 is 0 Å². The number of carboxylic acids is 1. The van der Waals surface area contributed by atoms with E-state index in [2.05, 4.69) is 10.6 Å². The molecule has 0 unspecified atom stereocenters. The van der Waals surface area contributed by atoms with Gasteiger partial charge in [0.1, 0.15) is 0 Å². The molecule has 1 fully saturated rings. The molecule has 0 atom stereocenters. The molecule has 0 bridgehead atoms. The van der Waals surface area contributed by atoms with Crippen LogP contribution in [0.3, 0.4) is 0 Å². The average molecular weight is 361 g/mol. The van der Waals surface area contributed by atoms with E-state index in [1.807, 2.05) is 31.7 Å². The van der Waals surface area contributed by atoms with Gasteiger partial charge in [-0.15, -0.1) is 0 Å². The normalized spacial score (nSPS) is 18.9. The van der Waals surface area contributed by atoms with Crippen LogP contribution in [0.1, 0.15) is 41.3 Å². The van der Waals surface area contributed by atoms with Crippen molar-refractivity contribution in [2.75, 3.05) is 19.6 Å². The Balaban J connectivity index is 1.72. The van der Waals surface area contributed by atoms with Crippen molar-refractivity contribution >= 4 is 17.8 Å². The van der Waals surface area contributed by atoms with Crippen molar-refractivity contribution in [1.82, 2.24) is 15.5 Å². The number of likely N-dealkylation sites (N-methyl/N-ethyl adjacent to an activating group) is 1. The predicted molar refractivity (Wildman–Crippen MR) is 98.1 cm³/mol. The van der Waals surface area contributed by atoms with E-state index >= 15 is 0 Å². The van der Waals surface area contributed by atoms with Crippen LogP contribution in [-0.2, 0) is 9.59 Å². The van der Waals surface area contributed by atoms with Gasteiger partial charge >= 0.3 is 5.97 Å². The Morgan fingerprint density at radius 1 is 1.19 bits per heavy atom. The fourth-order valence-corrected chi connectivity index (χ4v) is 3.10. The third kappa shape index (κ3) is 5.29. The number of rotatable bonds is 8. The quantitative estimate of drug-likeness (QED) is 0.644.